The number of aliphatic carboxylic acids is 1. The first kappa shape index (κ1) is 15.2. The molecule has 2 atom stereocenters. The van der Waals surface area contributed by atoms with E-state index in [1.807, 2.05) is 0 Å². The van der Waals surface area contributed by atoms with Gasteiger partial charge in [-0.1, -0.05) is 0 Å². The number of amides is 3. The third-order valence-corrected chi connectivity index (χ3v) is 1.89. The van der Waals surface area contributed by atoms with Gasteiger partial charge in [-0.25, -0.2) is 4.79 Å². The average Bonchev–Trinajstić information content (AvgIpc) is 2.15. The molecule has 4 N–H and O–H groups in total. The lowest BCUT2D eigenvalue weighted by molar-refractivity contribution is -0.138. The molecule has 0 saturated heterocycles. The Kier molecular flexibility index (Phi) is 6.01. The summed E-state index contributed by atoms with van der Waals surface area (Å²) in [7, 11) is 0. The molecule has 0 heterocycles. The van der Waals surface area contributed by atoms with Crippen LogP contribution in [0.2, 0.25) is 0 Å². The summed E-state index contributed by atoms with van der Waals surface area (Å²) in [6, 6.07) is -2.44. The van der Waals surface area contributed by atoms with Crippen LogP contribution in [-0.2, 0) is 9.59 Å². The lowest BCUT2D eigenvalue weighted by atomic mass is 10.3. The summed E-state index contributed by atoms with van der Waals surface area (Å²) in [5, 5.41) is 15.7. The molecule has 3 amide bonds. The monoisotopic (exact) mass is 245 g/mol. The number of carbonyl (C=O) groups excluding carboxylic acids is 2. The highest BCUT2D eigenvalue weighted by Crippen LogP contribution is 1.87. The smallest absolute Gasteiger partial charge is 0.325 e. The summed E-state index contributed by atoms with van der Waals surface area (Å²) in [6.07, 6.45) is 0. The Labute approximate surface area is 100.0 Å². The van der Waals surface area contributed by atoms with E-state index in [1.54, 1.807) is 13.8 Å². The maximum absolute atomic E-state index is 11.4. The van der Waals surface area contributed by atoms with Gasteiger partial charge in [0, 0.05) is 6.04 Å². The van der Waals surface area contributed by atoms with Crippen LogP contribution in [0.4, 0.5) is 4.79 Å². The zero-order chi connectivity index (χ0) is 13.6. The van der Waals surface area contributed by atoms with Crippen LogP contribution in [0.3, 0.4) is 0 Å². The van der Waals surface area contributed by atoms with Gasteiger partial charge in [-0.05, 0) is 27.7 Å². The van der Waals surface area contributed by atoms with Crippen LogP contribution in [0.25, 0.3) is 0 Å². The van der Waals surface area contributed by atoms with Crippen LogP contribution < -0.4 is 16.0 Å². The third-order valence-electron chi connectivity index (χ3n) is 1.89. The minimum atomic E-state index is -1.14. The van der Waals surface area contributed by atoms with Gasteiger partial charge in [-0.15, -0.1) is 0 Å². The molecule has 0 aromatic carbocycles. The molecule has 0 bridgehead atoms. The largest absolute Gasteiger partial charge is 0.480 e. The number of hydrogen-bond donors (Lipinski definition) is 4. The van der Waals surface area contributed by atoms with Gasteiger partial charge in [0.25, 0.3) is 0 Å². The lowest BCUT2D eigenvalue weighted by Gasteiger charge is -2.17. The number of rotatable bonds is 5. The molecular formula is C10H19N3O4. The Hall–Kier alpha value is -1.79. The van der Waals surface area contributed by atoms with Crippen LogP contribution in [0, 0.1) is 0 Å². The van der Waals surface area contributed by atoms with Gasteiger partial charge in [0.05, 0.1) is 0 Å². The molecule has 0 aromatic rings. The van der Waals surface area contributed by atoms with Gasteiger partial charge >= 0.3 is 12.0 Å². The fourth-order valence-electron chi connectivity index (χ4n) is 0.972. The summed E-state index contributed by atoms with van der Waals surface area (Å²) in [5.41, 5.74) is 0. The first-order valence-electron chi connectivity index (χ1n) is 5.34. The van der Waals surface area contributed by atoms with Crippen molar-refractivity contribution in [2.75, 3.05) is 0 Å². The number of urea groups is 1. The molecule has 7 heteroatoms. The first-order valence-corrected chi connectivity index (χ1v) is 5.34. The van der Waals surface area contributed by atoms with Crippen molar-refractivity contribution in [2.24, 2.45) is 0 Å². The minimum absolute atomic E-state index is 0.0206. The molecule has 0 rings (SSSR count). The highest BCUT2D eigenvalue weighted by Gasteiger charge is 2.19. The SMILES string of the molecule is CC(C)NC(=O)C(C)NC(=O)N[C@H](C)C(=O)O. The third kappa shape index (κ3) is 6.39. The molecule has 0 aliphatic carbocycles. The maximum Gasteiger partial charge on any atom is 0.325 e. The van der Waals surface area contributed by atoms with Crippen LogP contribution in [-0.4, -0.2) is 41.1 Å². The fraction of sp³-hybridized carbons (Fsp3) is 0.700. The van der Waals surface area contributed by atoms with Crippen molar-refractivity contribution in [2.45, 2.75) is 45.8 Å². The van der Waals surface area contributed by atoms with E-state index < -0.39 is 24.1 Å². The van der Waals surface area contributed by atoms with E-state index in [2.05, 4.69) is 16.0 Å². The van der Waals surface area contributed by atoms with Crippen LogP contribution in [0.15, 0.2) is 0 Å². The predicted molar refractivity (Wildman–Crippen MR) is 61.5 cm³/mol. The number of carboxylic acid groups (broad SMARTS) is 1. The number of carboxylic acids is 1. The summed E-state index contributed by atoms with van der Waals surface area (Å²) in [5.74, 6) is -1.46. The van der Waals surface area contributed by atoms with E-state index in [1.165, 1.54) is 13.8 Å². The van der Waals surface area contributed by atoms with Gasteiger partial charge in [0.15, 0.2) is 0 Å². The second-order valence-corrected chi connectivity index (χ2v) is 4.06. The van der Waals surface area contributed by atoms with Crippen molar-refractivity contribution in [3.63, 3.8) is 0 Å². The van der Waals surface area contributed by atoms with Gasteiger partial charge in [0.1, 0.15) is 12.1 Å². The number of nitrogens with one attached hydrogen (secondary N) is 3. The Bertz CT molecular complexity index is 304. The Balaban J connectivity index is 4.12. The Morgan fingerprint density at radius 2 is 1.35 bits per heavy atom. The first-order chi connectivity index (χ1) is 7.73. The van der Waals surface area contributed by atoms with E-state index in [-0.39, 0.29) is 11.9 Å². The molecule has 0 radical (unpaired) electrons. The maximum atomic E-state index is 11.4. The van der Waals surface area contributed by atoms with Crippen molar-refractivity contribution in [1.82, 2.24) is 16.0 Å². The van der Waals surface area contributed by atoms with E-state index in [9.17, 15) is 14.4 Å². The quantitative estimate of drug-likeness (QED) is 0.532. The minimum Gasteiger partial charge on any atom is -0.480 e. The second-order valence-electron chi connectivity index (χ2n) is 4.06. The molecule has 0 fully saturated rings. The van der Waals surface area contributed by atoms with Gasteiger partial charge in [0.2, 0.25) is 5.91 Å². The lowest BCUT2D eigenvalue weighted by Crippen LogP contribution is -2.52. The zero-order valence-corrected chi connectivity index (χ0v) is 10.4. The molecule has 0 aromatic heterocycles. The molecule has 0 saturated carbocycles. The molecule has 17 heavy (non-hydrogen) atoms. The van der Waals surface area contributed by atoms with Gasteiger partial charge in [-0.3, -0.25) is 9.59 Å². The molecule has 1 unspecified atom stereocenters. The van der Waals surface area contributed by atoms with Crippen LogP contribution in [0.1, 0.15) is 27.7 Å². The summed E-state index contributed by atoms with van der Waals surface area (Å²) in [6.45, 7) is 6.46. The van der Waals surface area contributed by atoms with E-state index >= 15 is 0 Å². The average molecular weight is 245 g/mol. The summed E-state index contributed by atoms with van der Waals surface area (Å²) >= 11 is 0. The second kappa shape index (κ2) is 6.72. The van der Waals surface area contributed by atoms with Crippen molar-refractivity contribution < 1.29 is 19.5 Å². The van der Waals surface area contributed by atoms with Crippen molar-refractivity contribution in [1.29, 1.82) is 0 Å². The van der Waals surface area contributed by atoms with Crippen LogP contribution in [0.5, 0.6) is 0 Å². The molecule has 0 aliphatic heterocycles. The number of hydrogen-bond acceptors (Lipinski definition) is 3. The topological polar surface area (TPSA) is 108 Å². The Morgan fingerprint density at radius 1 is 0.882 bits per heavy atom. The van der Waals surface area contributed by atoms with Crippen molar-refractivity contribution in [3.8, 4) is 0 Å². The van der Waals surface area contributed by atoms with E-state index in [0.29, 0.717) is 0 Å². The van der Waals surface area contributed by atoms with Gasteiger partial charge < -0.3 is 21.1 Å². The highest BCUT2D eigenvalue weighted by molar-refractivity contribution is 5.88. The van der Waals surface area contributed by atoms with Crippen LogP contribution >= 0.6 is 0 Å². The van der Waals surface area contributed by atoms with E-state index in [0.717, 1.165) is 0 Å². The molecule has 98 valence electrons. The summed E-state index contributed by atoms with van der Waals surface area (Å²) < 4.78 is 0. The molecular weight excluding hydrogens is 226 g/mol. The highest BCUT2D eigenvalue weighted by atomic mass is 16.4. The number of carbonyl (C=O) groups is 3. The molecule has 7 nitrogen and oxygen atoms in total. The predicted octanol–water partition coefficient (Wildman–Crippen LogP) is -0.328. The van der Waals surface area contributed by atoms with Crippen molar-refractivity contribution >= 4 is 17.9 Å². The Morgan fingerprint density at radius 3 is 1.76 bits per heavy atom. The normalized spacial score (nSPS) is 13.7. The fourth-order valence-corrected chi connectivity index (χ4v) is 0.972. The summed E-state index contributed by atoms with van der Waals surface area (Å²) in [4.78, 5) is 33.2. The zero-order valence-electron chi connectivity index (χ0n) is 10.4. The van der Waals surface area contributed by atoms with E-state index in [4.69, 9.17) is 5.11 Å². The van der Waals surface area contributed by atoms with Crippen molar-refractivity contribution in [3.05, 3.63) is 0 Å². The molecule has 0 spiro atoms. The molecule has 0 aliphatic rings. The van der Waals surface area contributed by atoms with Gasteiger partial charge in [-0.2, -0.15) is 0 Å². The standard InChI is InChI=1S/C10H19N3O4/c1-5(2)11-8(14)6(3)12-10(17)13-7(4)9(15)16/h5-7H,1-4H3,(H,11,14)(H,15,16)(H2,12,13,17)/t6?,7-/m1/s1.